The molecule has 0 saturated heterocycles. The predicted octanol–water partition coefficient (Wildman–Crippen LogP) is 3.96. The van der Waals surface area contributed by atoms with Gasteiger partial charge < -0.3 is 19.5 Å². The van der Waals surface area contributed by atoms with Gasteiger partial charge in [-0.1, -0.05) is 24.3 Å². The van der Waals surface area contributed by atoms with Gasteiger partial charge in [-0.2, -0.15) is 0 Å². The molecule has 0 bridgehead atoms. The number of ether oxygens (including phenoxy) is 2. The zero-order chi connectivity index (χ0) is 21.2. The molecule has 0 aliphatic carbocycles. The normalized spacial score (nSPS) is 14.3. The first-order chi connectivity index (χ1) is 13.7. The van der Waals surface area contributed by atoms with Crippen molar-refractivity contribution in [2.75, 3.05) is 12.0 Å². The molecule has 1 N–H and O–H groups in total. The van der Waals surface area contributed by atoms with Crippen LogP contribution in [-0.2, 0) is 20.9 Å². The highest BCUT2D eigenvalue weighted by Gasteiger charge is 2.32. The molecule has 1 aliphatic rings. The van der Waals surface area contributed by atoms with Crippen LogP contribution in [0.3, 0.4) is 0 Å². The van der Waals surface area contributed by atoms with E-state index in [0.717, 1.165) is 19.2 Å². The molecular formula is C20H16F3NO5. The third-order valence-electron chi connectivity index (χ3n) is 4.29. The fourth-order valence-corrected chi connectivity index (χ4v) is 2.98. The molecule has 3 rings (SSSR count). The van der Waals surface area contributed by atoms with Crippen molar-refractivity contribution in [1.29, 1.82) is 0 Å². The molecule has 0 saturated carbocycles. The number of nitrogens with zero attached hydrogens (tertiary/aromatic N) is 1. The van der Waals surface area contributed by atoms with Gasteiger partial charge in [0.15, 0.2) is 0 Å². The fourth-order valence-electron chi connectivity index (χ4n) is 2.98. The van der Waals surface area contributed by atoms with Gasteiger partial charge in [0.05, 0.1) is 31.3 Å². The third kappa shape index (κ3) is 4.50. The first-order valence-electron chi connectivity index (χ1n) is 8.44. The van der Waals surface area contributed by atoms with E-state index in [-0.39, 0.29) is 35.6 Å². The zero-order valence-electron chi connectivity index (χ0n) is 15.2. The van der Waals surface area contributed by atoms with Crippen molar-refractivity contribution in [3.63, 3.8) is 0 Å². The molecule has 2 aromatic rings. The number of methoxy groups -OCH3 is 1. The van der Waals surface area contributed by atoms with Crippen molar-refractivity contribution in [1.82, 2.24) is 0 Å². The number of esters is 1. The average molecular weight is 407 g/mol. The summed E-state index contributed by atoms with van der Waals surface area (Å²) in [6.45, 7) is 0.0177. The second-order valence-corrected chi connectivity index (χ2v) is 6.18. The van der Waals surface area contributed by atoms with Crippen LogP contribution in [0.1, 0.15) is 17.5 Å². The molecule has 6 nitrogen and oxygen atoms in total. The number of amides is 1. The van der Waals surface area contributed by atoms with Crippen LogP contribution in [0.2, 0.25) is 0 Å². The maximum absolute atomic E-state index is 12.8. The second-order valence-electron chi connectivity index (χ2n) is 6.18. The molecule has 0 aromatic heterocycles. The van der Waals surface area contributed by atoms with Gasteiger partial charge in [0.1, 0.15) is 11.5 Å². The lowest BCUT2D eigenvalue weighted by molar-refractivity contribution is -0.274. The number of carbonyl (C=O) groups excluding carboxylic acids is 2. The van der Waals surface area contributed by atoms with Crippen LogP contribution in [0.15, 0.2) is 54.1 Å². The lowest BCUT2D eigenvalue weighted by Gasteiger charge is -2.23. The van der Waals surface area contributed by atoms with Crippen LogP contribution < -0.4 is 9.64 Å². The van der Waals surface area contributed by atoms with E-state index in [9.17, 15) is 27.9 Å². The van der Waals surface area contributed by atoms with Crippen molar-refractivity contribution >= 4 is 23.3 Å². The van der Waals surface area contributed by atoms with Crippen LogP contribution in [0, 0.1) is 0 Å². The molecule has 0 fully saturated rings. The number of alkyl halides is 3. The van der Waals surface area contributed by atoms with E-state index in [2.05, 4.69) is 9.47 Å². The van der Waals surface area contributed by atoms with E-state index in [1.807, 2.05) is 0 Å². The summed E-state index contributed by atoms with van der Waals surface area (Å²) in [7, 11) is 1.15. The van der Waals surface area contributed by atoms with Crippen LogP contribution in [0.4, 0.5) is 18.9 Å². The van der Waals surface area contributed by atoms with E-state index in [0.29, 0.717) is 11.3 Å². The minimum absolute atomic E-state index is 0.0177. The predicted molar refractivity (Wildman–Crippen MR) is 96.9 cm³/mol. The van der Waals surface area contributed by atoms with E-state index < -0.39 is 18.2 Å². The highest BCUT2D eigenvalue weighted by Crippen LogP contribution is 2.34. The Balaban J connectivity index is 1.92. The average Bonchev–Trinajstić information content (AvgIpc) is 2.78. The first-order valence-corrected chi connectivity index (χ1v) is 8.44. The van der Waals surface area contributed by atoms with Gasteiger partial charge in [-0.05, 0) is 29.8 Å². The van der Waals surface area contributed by atoms with E-state index >= 15 is 0 Å². The summed E-state index contributed by atoms with van der Waals surface area (Å²) in [6, 6.07) is 11.5. The Morgan fingerprint density at radius 2 is 1.79 bits per heavy atom. The van der Waals surface area contributed by atoms with E-state index in [1.54, 1.807) is 24.3 Å². The van der Waals surface area contributed by atoms with Crippen LogP contribution >= 0.6 is 0 Å². The molecule has 9 heteroatoms. The summed E-state index contributed by atoms with van der Waals surface area (Å²) in [6.07, 6.45) is -5.18. The molecule has 0 spiro atoms. The minimum Gasteiger partial charge on any atom is -0.507 e. The summed E-state index contributed by atoms with van der Waals surface area (Å²) in [5, 5.41) is 10.5. The number of aliphatic hydroxyl groups excluding tert-OH is 1. The van der Waals surface area contributed by atoms with Gasteiger partial charge in [-0.3, -0.25) is 4.79 Å². The molecular weight excluding hydrogens is 391 g/mol. The molecule has 0 atom stereocenters. The number of carbonyl (C=O) groups is 2. The monoisotopic (exact) mass is 407 g/mol. The summed E-state index contributed by atoms with van der Waals surface area (Å²) >= 11 is 0. The second kappa shape index (κ2) is 7.86. The van der Waals surface area contributed by atoms with Gasteiger partial charge in [-0.25, -0.2) is 4.79 Å². The number of hydrogen-bond donors (Lipinski definition) is 1. The standard InChI is InChI=1S/C20H16F3NO5/c1-28-19(27)15-10-17(25)24(16-5-3-2-4-14(16)18(15)26)11-12-6-8-13(9-7-12)29-20(21,22)23/h2-9,26H,10-11H2,1H3. The lowest BCUT2D eigenvalue weighted by Crippen LogP contribution is -2.30. The van der Waals surface area contributed by atoms with Crippen molar-refractivity contribution in [3.8, 4) is 5.75 Å². The Morgan fingerprint density at radius 1 is 1.14 bits per heavy atom. The maximum Gasteiger partial charge on any atom is 0.573 e. The Labute approximate surface area is 163 Å². The molecule has 1 aliphatic heterocycles. The highest BCUT2D eigenvalue weighted by atomic mass is 19.4. The number of aliphatic hydroxyl groups is 1. The maximum atomic E-state index is 12.8. The van der Waals surface area contributed by atoms with Gasteiger partial charge in [0.25, 0.3) is 0 Å². The van der Waals surface area contributed by atoms with Gasteiger partial charge in [0, 0.05) is 5.56 Å². The van der Waals surface area contributed by atoms with Crippen LogP contribution in [0.25, 0.3) is 5.76 Å². The third-order valence-corrected chi connectivity index (χ3v) is 4.29. The van der Waals surface area contributed by atoms with Crippen LogP contribution in [0.5, 0.6) is 5.75 Å². The zero-order valence-corrected chi connectivity index (χ0v) is 15.2. The Hall–Kier alpha value is -3.49. The Bertz CT molecular complexity index is 967. The van der Waals surface area contributed by atoms with Gasteiger partial charge in [-0.15, -0.1) is 13.2 Å². The lowest BCUT2D eigenvalue weighted by atomic mass is 10.1. The first kappa shape index (κ1) is 20.2. The molecule has 1 heterocycles. The van der Waals surface area contributed by atoms with Crippen LogP contribution in [-0.4, -0.2) is 30.5 Å². The molecule has 0 radical (unpaired) electrons. The number of halogens is 3. The summed E-state index contributed by atoms with van der Waals surface area (Å²) in [5.74, 6) is -2.02. The summed E-state index contributed by atoms with van der Waals surface area (Å²) in [4.78, 5) is 26.1. The van der Waals surface area contributed by atoms with Crippen molar-refractivity contribution < 1.29 is 37.3 Å². The highest BCUT2D eigenvalue weighted by molar-refractivity contribution is 6.09. The smallest absolute Gasteiger partial charge is 0.507 e. The van der Waals surface area contributed by atoms with Gasteiger partial charge >= 0.3 is 12.3 Å². The quantitative estimate of drug-likeness (QED) is 0.777. The van der Waals surface area contributed by atoms with Crippen molar-refractivity contribution in [2.24, 2.45) is 0 Å². The molecule has 2 aromatic carbocycles. The SMILES string of the molecule is COC(=O)C1=C(O)c2ccccc2N(Cc2ccc(OC(F)(F)F)cc2)C(=O)C1. The number of benzene rings is 2. The Morgan fingerprint density at radius 3 is 2.41 bits per heavy atom. The van der Waals surface area contributed by atoms with E-state index in [1.165, 1.54) is 17.0 Å². The van der Waals surface area contributed by atoms with E-state index in [4.69, 9.17) is 0 Å². The van der Waals surface area contributed by atoms with Gasteiger partial charge in [0.2, 0.25) is 5.91 Å². The van der Waals surface area contributed by atoms with Crippen molar-refractivity contribution in [2.45, 2.75) is 19.3 Å². The number of rotatable bonds is 4. The number of fused-ring (bicyclic) bond motifs is 1. The molecule has 1 amide bonds. The molecule has 0 unspecified atom stereocenters. The largest absolute Gasteiger partial charge is 0.573 e. The topological polar surface area (TPSA) is 76.1 Å². The number of hydrogen-bond acceptors (Lipinski definition) is 5. The molecule has 29 heavy (non-hydrogen) atoms. The summed E-state index contributed by atoms with van der Waals surface area (Å²) in [5.41, 5.74) is 1.00. The number of anilines is 1. The Kier molecular flexibility index (Phi) is 5.49. The number of para-hydroxylation sites is 1. The summed E-state index contributed by atoms with van der Waals surface area (Å²) < 4.78 is 45.4. The minimum atomic E-state index is -4.80. The molecule has 152 valence electrons. The fraction of sp³-hybridized carbons (Fsp3) is 0.200. The van der Waals surface area contributed by atoms with Crippen molar-refractivity contribution in [3.05, 3.63) is 65.2 Å².